The molecule has 0 atom stereocenters. The predicted octanol–water partition coefficient (Wildman–Crippen LogP) is 2.55. The SMILES string of the molecule is O=C(CNc1ccc(Cl)c(S(=O)(=O)N2CCOCC2)c1)Nc1ccccc1F. The molecule has 150 valence electrons. The highest BCUT2D eigenvalue weighted by Crippen LogP contribution is 2.28. The summed E-state index contributed by atoms with van der Waals surface area (Å²) in [6, 6.07) is 10.2. The lowest BCUT2D eigenvalue weighted by Gasteiger charge is -2.26. The molecule has 2 aromatic carbocycles. The summed E-state index contributed by atoms with van der Waals surface area (Å²) < 4.78 is 45.7. The number of anilines is 2. The van der Waals surface area contributed by atoms with Gasteiger partial charge in [0.15, 0.2) is 0 Å². The molecule has 0 spiro atoms. The van der Waals surface area contributed by atoms with Crippen LogP contribution in [0.4, 0.5) is 15.8 Å². The number of para-hydroxylation sites is 1. The van der Waals surface area contributed by atoms with Crippen LogP contribution in [-0.2, 0) is 19.6 Å². The molecule has 1 fully saturated rings. The third-order valence-electron chi connectivity index (χ3n) is 4.12. The molecular weight excluding hydrogens is 409 g/mol. The van der Waals surface area contributed by atoms with Crippen molar-refractivity contribution in [1.82, 2.24) is 4.31 Å². The smallest absolute Gasteiger partial charge is 0.244 e. The zero-order chi connectivity index (χ0) is 20.1. The van der Waals surface area contributed by atoms with Crippen LogP contribution in [0.2, 0.25) is 5.02 Å². The van der Waals surface area contributed by atoms with Crippen molar-refractivity contribution in [2.75, 3.05) is 43.5 Å². The van der Waals surface area contributed by atoms with Crippen molar-refractivity contribution in [2.24, 2.45) is 0 Å². The van der Waals surface area contributed by atoms with Gasteiger partial charge in [0.1, 0.15) is 10.7 Å². The van der Waals surface area contributed by atoms with Crippen LogP contribution < -0.4 is 10.6 Å². The van der Waals surface area contributed by atoms with Crippen molar-refractivity contribution in [3.8, 4) is 0 Å². The summed E-state index contributed by atoms with van der Waals surface area (Å²) in [6.07, 6.45) is 0. The Kier molecular flexibility index (Phi) is 6.50. The number of halogens is 2. The average Bonchev–Trinajstić information content (AvgIpc) is 2.69. The lowest BCUT2D eigenvalue weighted by Crippen LogP contribution is -2.40. The zero-order valence-corrected chi connectivity index (χ0v) is 16.4. The van der Waals surface area contributed by atoms with E-state index < -0.39 is 21.7 Å². The van der Waals surface area contributed by atoms with Crippen LogP contribution in [0.1, 0.15) is 0 Å². The highest BCUT2D eigenvalue weighted by Gasteiger charge is 2.28. The van der Waals surface area contributed by atoms with E-state index in [2.05, 4.69) is 10.6 Å². The maximum absolute atomic E-state index is 13.6. The van der Waals surface area contributed by atoms with Gasteiger partial charge in [0.25, 0.3) is 0 Å². The van der Waals surface area contributed by atoms with Crippen molar-refractivity contribution in [3.05, 3.63) is 53.3 Å². The summed E-state index contributed by atoms with van der Waals surface area (Å²) in [5.74, 6) is -1.01. The Balaban J connectivity index is 1.69. The van der Waals surface area contributed by atoms with Gasteiger partial charge in [0.2, 0.25) is 15.9 Å². The molecule has 1 amide bonds. The minimum absolute atomic E-state index is 0.0458. The highest BCUT2D eigenvalue weighted by molar-refractivity contribution is 7.89. The molecule has 2 aromatic rings. The molecule has 1 aliphatic heterocycles. The van der Waals surface area contributed by atoms with Crippen LogP contribution >= 0.6 is 11.6 Å². The first-order valence-corrected chi connectivity index (χ1v) is 10.4. The normalized spacial score (nSPS) is 15.2. The van der Waals surface area contributed by atoms with Crippen LogP contribution in [0.3, 0.4) is 0 Å². The molecule has 1 heterocycles. The third-order valence-corrected chi connectivity index (χ3v) is 6.50. The number of rotatable bonds is 6. The molecular formula is C18H19ClFN3O4S. The molecule has 0 radical (unpaired) electrons. The molecule has 0 aromatic heterocycles. The van der Waals surface area contributed by atoms with E-state index in [0.717, 1.165) is 0 Å². The summed E-state index contributed by atoms with van der Waals surface area (Å²) in [4.78, 5) is 12.0. The number of nitrogens with one attached hydrogen (secondary N) is 2. The summed E-state index contributed by atoms with van der Waals surface area (Å²) in [6.45, 7) is 0.978. The average molecular weight is 428 g/mol. The van der Waals surface area contributed by atoms with E-state index in [0.29, 0.717) is 18.9 Å². The molecule has 7 nitrogen and oxygen atoms in total. The van der Waals surface area contributed by atoms with Crippen LogP contribution in [0.25, 0.3) is 0 Å². The van der Waals surface area contributed by atoms with E-state index in [1.807, 2.05) is 0 Å². The second kappa shape index (κ2) is 8.87. The van der Waals surface area contributed by atoms with Crippen molar-refractivity contribution < 1.29 is 22.3 Å². The Morgan fingerprint density at radius 2 is 1.89 bits per heavy atom. The molecule has 3 rings (SSSR count). The Bertz CT molecular complexity index is 965. The Morgan fingerprint density at radius 1 is 1.18 bits per heavy atom. The first-order chi connectivity index (χ1) is 13.4. The Hall–Kier alpha value is -2.20. The number of carbonyl (C=O) groups is 1. The van der Waals surface area contributed by atoms with Gasteiger partial charge in [-0.25, -0.2) is 12.8 Å². The predicted molar refractivity (Wildman–Crippen MR) is 105 cm³/mol. The van der Waals surface area contributed by atoms with Crippen molar-refractivity contribution in [2.45, 2.75) is 4.90 Å². The molecule has 2 N–H and O–H groups in total. The second-order valence-corrected chi connectivity index (χ2v) is 8.36. The van der Waals surface area contributed by atoms with Gasteiger partial charge in [0, 0.05) is 18.8 Å². The fourth-order valence-electron chi connectivity index (χ4n) is 2.68. The number of benzene rings is 2. The van der Waals surface area contributed by atoms with Gasteiger partial charge in [-0.3, -0.25) is 4.79 Å². The molecule has 0 aliphatic carbocycles. The fraction of sp³-hybridized carbons (Fsp3) is 0.278. The van der Waals surface area contributed by atoms with Crippen LogP contribution in [0.5, 0.6) is 0 Å². The van der Waals surface area contributed by atoms with Gasteiger partial charge in [-0.2, -0.15) is 4.31 Å². The quantitative estimate of drug-likeness (QED) is 0.739. The van der Waals surface area contributed by atoms with Gasteiger partial charge in [-0.15, -0.1) is 0 Å². The van der Waals surface area contributed by atoms with E-state index in [1.165, 1.54) is 34.6 Å². The molecule has 28 heavy (non-hydrogen) atoms. The number of hydrogen-bond acceptors (Lipinski definition) is 5. The van der Waals surface area contributed by atoms with Crippen molar-refractivity contribution >= 4 is 38.9 Å². The number of ether oxygens (including phenoxy) is 1. The molecule has 1 aliphatic rings. The molecule has 1 saturated heterocycles. The van der Waals surface area contributed by atoms with E-state index in [4.69, 9.17) is 16.3 Å². The first-order valence-electron chi connectivity index (χ1n) is 8.53. The Labute approximate surface area is 167 Å². The number of nitrogens with zero attached hydrogens (tertiary/aromatic N) is 1. The van der Waals surface area contributed by atoms with Gasteiger partial charge < -0.3 is 15.4 Å². The van der Waals surface area contributed by atoms with Gasteiger partial charge in [-0.05, 0) is 30.3 Å². The lowest BCUT2D eigenvalue weighted by atomic mass is 10.3. The maximum Gasteiger partial charge on any atom is 0.244 e. The fourth-order valence-corrected chi connectivity index (χ4v) is 4.58. The van der Waals surface area contributed by atoms with Crippen molar-refractivity contribution in [3.63, 3.8) is 0 Å². The monoisotopic (exact) mass is 427 g/mol. The minimum atomic E-state index is -3.78. The lowest BCUT2D eigenvalue weighted by molar-refractivity contribution is -0.114. The molecule has 0 bridgehead atoms. The maximum atomic E-state index is 13.6. The van der Waals surface area contributed by atoms with E-state index >= 15 is 0 Å². The molecule has 0 saturated carbocycles. The minimum Gasteiger partial charge on any atom is -0.379 e. The van der Waals surface area contributed by atoms with Gasteiger partial charge in [-0.1, -0.05) is 23.7 Å². The van der Waals surface area contributed by atoms with Gasteiger partial charge in [0.05, 0.1) is 30.5 Å². The number of sulfonamides is 1. The van der Waals surface area contributed by atoms with E-state index in [9.17, 15) is 17.6 Å². The summed E-state index contributed by atoms with van der Waals surface area (Å²) >= 11 is 6.10. The molecule has 0 unspecified atom stereocenters. The summed E-state index contributed by atoms with van der Waals surface area (Å²) in [5, 5.41) is 5.36. The topological polar surface area (TPSA) is 87.7 Å². The zero-order valence-electron chi connectivity index (χ0n) is 14.8. The van der Waals surface area contributed by atoms with Crippen LogP contribution in [-0.4, -0.2) is 51.5 Å². The third kappa shape index (κ3) is 4.79. The number of hydrogen-bond donors (Lipinski definition) is 2. The number of amides is 1. The highest BCUT2D eigenvalue weighted by atomic mass is 35.5. The van der Waals surface area contributed by atoms with Crippen LogP contribution in [0.15, 0.2) is 47.4 Å². The van der Waals surface area contributed by atoms with Crippen LogP contribution in [0, 0.1) is 5.82 Å². The summed E-state index contributed by atoms with van der Waals surface area (Å²) in [7, 11) is -3.78. The molecule has 10 heteroatoms. The summed E-state index contributed by atoms with van der Waals surface area (Å²) in [5.41, 5.74) is 0.473. The Morgan fingerprint density at radius 3 is 2.61 bits per heavy atom. The second-order valence-electron chi connectivity index (χ2n) is 6.04. The largest absolute Gasteiger partial charge is 0.379 e. The standard InChI is InChI=1S/C18H19ClFN3O4S/c19-14-6-5-13(11-17(14)28(25,26)23-7-9-27-10-8-23)21-12-18(24)22-16-4-2-1-3-15(16)20/h1-6,11,21H,7-10,12H2,(H,22,24). The first kappa shape index (κ1) is 20.5. The van der Waals surface area contributed by atoms with Crippen molar-refractivity contribution in [1.29, 1.82) is 0 Å². The van der Waals surface area contributed by atoms with E-state index in [-0.39, 0.29) is 35.2 Å². The number of morpholine rings is 1. The van der Waals surface area contributed by atoms with Gasteiger partial charge >= 0.3 is 0 Å². The van der Waals surface area contributed by atoms with E-state index in [1.54, 1.807) is 12.1 Å². The number of carbonyl (C=O) groups excluding carboxylic acids is 1.